The molecule has 0 spiro atoms. The Bertz CT molecular complexity index is 725. The molecule has 1 rings (SSSR count). The molecule has 0 fully saturated rings. The zero-order valence-corrected chi connectivity index (χ0v) is 18.9. The number of unbranched alkanes of at least 4 members (excludes halogenated alkanes) is 4. The van der Waals surface area contributed by atoms with Crippen molar-refractivity contribution in [1.29, 1.82) is 0 Å². The first-order chi connectivity index (χ1) is 15.6. The molecule has 9 N–H and O–H groups in total. The van der Waals surface area contributed by atoms with Crippen LogP contribution in [0.15, 0.2) is 16.8 Å². The minimum absolute atomic E-state index is 0.321. The van der Waals surface area contributed by atoms with Gasteiger partial charge in [0, 0.05) is 13.5 Å². The number of nitrogens with zero attached hydrogens (tertiary/aromatic N) is 1. The number of ether oxygens (including phenoxy) is 2. The van der Waals surface area contributed by atoms with Crippen LogP contribution in [-0.2, 0) is 19.1 Å². The summed E-state index contributed by atoms with van der Waals surface area (Å²) in [5.41, 5.74) is 10.9. The van der Waals surface area contributed by atoms with Crippen LogP contribution in [0.2, 0.25) is 0 Å². The third-order valence-corrected chi connectivity index (χ3v) is 4.87. The highest BCUT2D eigenvalue weighted by molar-refractivity contribution is 5.85. The normalized spacial score (nSPS) is 21.6. The number of alkyl carbamates (subject to hydrolysis) is 1. The average Bonchev–Trinajstić information content (AvgIpc) is 2.74. The number of carboxylic acids is 1. The SMILES string of the molecule is CCCCCCCNC(=O)O[C@@H](C1OC(C(=O)O)=CC(N=C(N)N)[C@H]1NC(C)=O)[C@H](O)CO. The van der Waals surface area contributed by atoms with E-state index in [1.165, 1.54) is 6.92 Å². The first kappa shape index (κ1) is 28.0. The molecule has 1 aliphatic rings. The fourth-order valence-electron chi connectivity index (χ4n) is 3.35. The van der Waals surface area contributed by atoms with Crippen LogP contribution in [0.4, 0.5) is 4.79 Å². The number of hydrogen-bond donors (Lipinski definition) is 7. The van der Waals surface area contributed by atoms with Gasteiger partial charge >= 0.3 is 12.1 Å². The van der Waals surface area contributed by atoms with Crippen molar-refractivity contribution in [2.45, 2.75) is 76.3 Å². The standard InChI is InChI=1S/C20H35N5O8/c1-3-4-5-6-7-8-23-20(31)33-16(13(28)10-26)17-15(24-11(2)27)12(25-19(21)22)9-14(32-17)18(29)30/h9,12-13,15-17,26,28H,3-8,10H2,1-2H3,(H,23,31)(H,24,27)(H,29,30)(H4,21,22,25)/t12?,13-,15-,16-,17?/m1/s1. The van der Waals surface area contributed by atoms with Crippen molar-refractivity contribution in [2.24, 2.45) is 16.5 Å². The maximum absolute atomic E-state index is 12.3. The Morgan fingerprint density at radius 1 is 1.24 bits per heavy atom. The average molecular weight is 474 g/mol. The number of guanidine groups is 1. The van der Waals surface area contributed by atoms with Gasteiger partial charge in [-0.25, -0.2) is 14.6 Å². The van der Waals surface area contributed by atoms with Crippen LogP contribution < -0.4 is 22.1 Å². The molecule has 188 valence electrons. The lowest BCUT2D eigenvalue weighted by Crippen LogP contribution is -2.61. The highest BCUT2D eigenvalue weighted by Gasteiger charge is 2.46. The quantitative estimate of drug-likeness (QED) is 0.0974. The molecule has 2 amide bonds. The van der Waals surface area contributed by atoms with Crippen LogP contribution in [0.25, 0.3) is 0 Å². The minimum Gasteiger partial charge on any atom is -0.477 e. The molecule has 1 heterocycles. The molecular weight excluding hydrogens is 438 g/mol. The lowest BCUT2D eigenvalue weighted by atomic mass is 9.92. The van der Waals surface area contributed by atoms with E-state index >= 15 is 0 Å². The molecule has 0 saturated heterocycles. The molecule has 1 aliphatic heterocycles. The number of nitrogens with one attached hydrogen (secondary N) is 2. The van der Waals surface area contributed by atoms with Gasteiger partial charge in [-0.2, -0.15) is 0 Å². The van der Waals surface area contributed by atoms with Crippen LogP contribution in [0, 0.1) is 0 Å². The van der Waals surface area contributed by atoms with Gasteiger partial charge in [0.25, 0.3) is 0 Å². The number of rotatable bonds is 13. The molecule has 5 atom stereocenters. The van der Waals surface area contributed by atoms with Crippen LogP contribution in [0.1, 0.15) is 46.0 Å². The number of carbonyl (C=O) groups is 3. The summed E-state index contributed by atoms with van der Waals surface area (Å²) in [6, 6.07) is -2.23. The van der Waals surface area contributed by atoms with Gasteiger partial charge in [0.2, 0.25) is 11.7 Å². The van der Waals surface area contributed by atoms with Crippen molar-refractivity contribution >= 4 is 23.9 Å². The molecule has 0 aromatic carbocycles. The molecule has 0 radical (unpaired) electrons. The number of carboxylic acid groups (broad SMARTS) is 1. The summed E-state index contributed by atoms with van der Waals surface area (Å²) < 4.78 is 10.7. The Labute approximate surface area is 192 Å². The van der Waals surface area contributed by atoms with Gasteiger partial charge in [-0.1, -0.05) is 32.6 Å². The number of aliphatic hydroxyl groups excluding tert-OH is 2. The maximum Gasteiger partial charge on any atom is 0.407 e. The van der Waals surface area contributed by atoms with Crippen LogP contribution in [0.3, 0.4) is 0 Å². The van der Waals surface area contributed by atoms with E-state index in [4.69, 9.17) is 20.9 Å². The largest absolute Gasteiger partial charge is 0.477 e. The van der Waals surface area contributed by atoms with E-state index in [2.05, 4.69) is 22.5 Å². The van der Waals surface area contributed by atoms with Gasteiger partial charge < -0.3 is 46.9 Å². The summed E-state index contributed by atoms with van der Waals surface area (Å²) >= 11 is 0. The smallest absolute Gasteiger partial charge is 0.407 e. The molecule has 0 aromatic rings. The minimum atomic E-state index is -1.66. The predicted octanol–water partition coefficient (Wildman–Crippen LogP) is -1.08. The molecule has 0 bridgehead atoms. The number of amides is 2. The van der Waals surface area contributed by atoms with E-state index < -0.39 is 66.7 Å². The predicted molar refractivity (Wildman–Crippen MR) is 118 cm³/mol. The van der Waals surface area contributed by atoms with Crippen molar-refractivity contribution in [2.75, 3.05) is 13.2 Å². The number of nitrogens with two attached hydrogens (primary N) is 2. The summed E-state index contributed by atoms with van der Waals surface area (Å²) in [7, 11) is 0. The summed E-state index contributed by atoms with van der Waals surface area (Å²) in [4.78, 5) is 39.6. The fraction of sp³-hybridized carbons (Fsp3) is 0.700. The van der Waals surface area contributed by atoms with Gasteiger partial charge in [-0.15, -0.1) is 0 Å². The molecule has 13 nitrogen and oxygen atoms in total. The van der Waals surface area contributed by atoms with E-state index in [0.29, 0.717) is 6.54 Å². The highest BCUT2D eigenvalue weighted by Crippen LogP contribution is 2.26. The second-order valence-electron chi connectivity index (χ2n) is 7.65. The maximum atomic E-state index is 12.3. The van der Waals surface area contributed by atoms with Gasteiger partial charge in [0.05, 0.1) is 18.7 Å². The molecule has 0 saturated carbocycles. The van der Waals surface area contributed by atoms with Crippen LogP contribution >= 0.6 is 0 Å². The van der Waals surface area contributed by atoms with Crippen LogP contribution in [-0.4, -0.2) is 82.8 Å². The van der Waals surface area contributed by atoms with Gasteiger partial charge in [-0.3, -0.25) is 4.79 Å². The van der Waals surface area contributed by atoms with Gasteiger partial charge in [-0.05, 0) is 12.5 Å². The Balaban J connectivity index is 3.11. The van der Waals surface area contributed by atoms with E-state index in [0.717, 1.165) is 38.2 Å². The topological polar surface area (TPSA) is 219 Å². The molecule has 33 heavy (non-hydrogen) atoms. The fourth-order valence-corrected chi connectivity index (χ4v) is 3.35. The number of aliphatic imine (C=N–C) groups is 1. The zero-order chi connectivity index (χ0) is 25.0. The molecule has 2 unspecified atom stereocenters. The summed E-state index contributed by atoms with van der Waals surface area (Å²) in [6.07, 6.45) is 0.363. The summed E-state index contributed by atoms with van der Waals surface area (Å²) in [5.74, 6) is -2.97. The van der Waals surface area contributed by atoms with E-state index in [1.807, 2.05) is 0 Å². The van der Waals surface area contributed by atoms with Gasteiger partial charge in [0.1, 0.15) is 6.10 Å². The summed E-state index contributed by atoms with van der Waals surface area (Å²) in [6.45, 7) is 2.78. The molecular formula is C20H35N5O8. The van der Waals surface area contributed by atoms with Gasteiger partial charge in [0.15, 0.2) is 18.2 Å². The number of aliphatic carboxylic acids is 1. The van der Waals surface area contributed by atoms with Crippen molar-refractivity contribution in [3.63, 3.8) is 0 Å². The highest BCUT2D eigenvalue weighted by atomic mass is 16.6. The molecule has 13 heteroatoms. The third kappa shape index (κ3) is 9.53. The number of carbonyl (C=O) groups excluding carboxylic acids is 2. The Morgan fingerprint density at radius 3 is 2.45 bits per heavy atom. The second kappa shape index (κ2) is 14.2. The first-order valence-electron chi connectivity index (χ1n) is 10.8. The Kier molecular flexibility index (Phi) is 12.0. The number of hydrogen-bond acceptors (Lipinski definition) is 8. The molecule has 0 aliphatic carbocycles. The van der Waals surface area contributed by atoms with Crippen molar-refractivity contribution in [3.05, 3.63) is 11.8 Å². The summed E-state index contributed by atoms with van der Waals surface area (Å²) in [5, 5.41) is 34.3. The third-order valence-electron chi connectivity index (χ3n) is 4.87. The first-order valence-corrected chi connectivity index (χ1v) is 10.8. The van der Waals surface area contributed by atoms with E-state index in [-0.39, 0.29) is 0 Å². The lowest BCUT2D eigenvalue weighted by Gasteiger charge is -2.39. The Hall–Kier alpha value is -3.06. The van der Waals surface area contributed by atoms with Crippen molar-refractivity contribution in [3.8, 4) is 0 Å². The van der Waals surface area contributed by atoms with E-state index in [1.54, 1.807) is 0 Å². The number of aliphatic hydroxyl groups is 2. The zero-order valence-electron chi connectivity index (χ0n) is 18.9. The lowest BCUT2D eigenvalue weighted by molar-refractivity contribution is -0.146. The van der Waals surface area contributed by atoms with E-state index in [9.17, 15) is 29.7 Å². The van der Waals surface area contributed by atoms with Crippen LogP contribution in [0.5, 0.6) is 0 Å². The van der Waals surface area contributed by atoms with Crippen molar-refractivity contribution < 1.29 is 39.2 Å². The Morgan fingerprint density at radius 2 is 1.91 bits per heavy atom. The monoisotopic (exact) mass is 473 g/mol. The molecule has 0 aromatic heterocycles. The second-order valence-corrected chi connectivity index (χ2v) is 7.65. The van der Waals surface area contributed by atoms with Crippen molar-refractivity contribution in [1.82, 2.24) is 10.6 Å².